The molecule has 2 N–H and O–H groups in total. The number of carbonyl (C=O) groups excluding carboxylic acids is 1. The molecule has 0 saturated heterocycles. The van der Waals surface area contributed by atoms with Gasteiger partial charge in [-0.15, -0.1) is 0 Å². The third kappa shape index (κ3) is 2.58. The Hall–Kier alpha value is -1.94. The molecule has 2 aromatic rings. The third-order valence-electron chi connectivity index (χ3n) is 2.98. The van der Waals surface area contributed by atoms with Gasteiger partial charge < -0.3 is 10.6 Å². The van der Waals surface area contributed by atoms with E-state index in [0.717, 1.165) is 16.3 Å². The lowest BCUT2D eigenvalue weighted by molar-refractivity contribution is -0.115. The molecule has 0 saturated carbocycles. The first-order valence-corrected chi connectivity index (χ1v) is 7.00. The molecule has 1 amide bonds. The predicted octanol–water partition coefficient (Wildman–Crippen LogP) is 3.48. The van der Waals surface area contributed by atoms with Gasteiger partial charge in [-0.1, -0.05) is 41.6 Å². The molecular weight excluding hydrogens is 256 g/mol. The van der Waals surface area contributed by atoms with Gasteiger partial charge in [0.05, 0.1) is 5.69 Å². The minimum absolute atomic E-state index is 0.00993. The van der Waals surface area contributed by atoms with Crippen molar-refractivity contribution in [3.05, 3.63) is 54.1 Å². The molecule has 19 heavy (non-hydrogen) atoms. The van der Waals surface area contributed by atoms with Crippen LogP contribution in [-0.4, -0.2) is 11.3 Å². The molecule has 0 aliphatic carbocycles. The molecule has 1 aliphatic heterocycles. The topological polar surface area (TPSA) is 41.1 Å². The zero-order valence-electron chi connectivity index (χ0n) is 10.5. The number of hydrogen-bond acceptors (Lipinski definition) is 3. The fourth-order valence-corrected chi connectivity index (χ4v) is 2.97. The van der Waals surface area contributed by atoms with Crippen LogP contribution in [-0.2, 0) is 4.79 Å². The summed E-state index contributed by atoms with van der Waals surface area (Å²) in [5.41, 5.74) is 3.05. The van der Waals surface area contributed by atoms with Gasteiger partial charge in [0.15, 0.2) is 5.37 Å². The van der Waals surface area contributed by atoms with Crippen molar-refractivity contribution in [3.63, 3.8) is 0 Å². The summed E-state index contributed by atoms with van der Waals surface area (Å²) in [4.78, 5) is 13.1. The van der Waals surface area contributed by atoms with Gasteiger partial charge in [-0.25, -0.2) is 0 Å². The second kappa shape index (κ2) is 4.97. The van der Waals surface area contributed by atoms with Gasteiger partial charge in [0, 0.05) is 10.6 Å². The number of thioether (sulfide) groups is 1. The number of aryl methyl sites for hydroxylation is 1. The molecule has 1 aliphatic rings. The van der Waals surface area contributed by atoms with E-state index in [2.05, 4.69) is 10.6 Å². The Labute approximate surface area is 116 Å². The lowest BCUT2D eigenvalue weighted by Gasteiger charge is -2.25. The number of para-hydroxylation sites is 1. The molecule has 1 heterocycles. The van der Waals surface area contributed by atoms with E-state index in [-0.39, 0.29) is 11.3 Å². The lowest BCUT2D eigenvalue weighted by atomic mass is 10.2. The number of hydrogen-bond donors (Lipinski definition) is 2. The zero-order chi connectivity index (χ0) is 13.2. The smallest absolute Gasteiger partial charge is 0.257 e. The second-order valence-corrected chi connectivity index (χ2v) is 5.64. The molecule has 0 bridgehead atoms. The molecule has 0 spiro atoms. The first-order valence-electron chi connectivity index (χ1n) is 6.12. The van der Waals surface area contributed by atoms with Crippen LogP contribution in [0.4, 0.5) is 11.4 Å². The van der Waals surface area contributed by atoms with Gasteiger partial charge in [-0.05, 0) is 31.2 Å². The summed E-state index contributed by atoms with van der Waals surface area (Å²) in [7, 11) is 0. The number of benzene rings is 2. The molecule has 2 aromatic carbocycles. The second-order valence-electron chi connectivity index (χ2n) is 4.49. The SMILES string of the molecule is Cc1ccc(N[C@H]2Sc3ccccc3NC2=O)cc1. The van der Waals surface area contributed by atoms with Crippen LogP contribution >= 0.6 is 11.8 Å². The van der Waals surface area contributed by atoms with Gasteiger partial charge in [0.2, 0.25) is 0 Å². The molecule has 0 radical (unpaired) electrons. The maximum atomic E-state index is 12.0. The van der Waals surface area contributed by atoms with E-state index in [0.29, 0.717) is 0 Å². The molecule has 3 rings (SSSR count). The summed E-state index contributed by atoms with van der Waals surface area (Å²) in [5, 5.41) is 5.88. The fraction of sp³-hybridized carbons (Fsp3) is 0.133. The summed E-state index contributed by atoms with van der Waals surface area (Å²) in [6.45, 7) is 2.04. The Kier molecular flexibility index (Phi) is 3.17. The van der Waals surface area contributed by atoms with Crippen LogP contribution in [0.5, 0.6) is 0 Å². The van der Waals surface area contributed by atoms with Gasteiger partial charge in [-0.3, -0.25) is 4.79 Å². The number of carbonyl (C=O) groups is 1. The van der Waals surface area contributed by atoms with E-state index in [1.165, 1.54) is 5.56 Å². The van der Waals surface area contributed by atoms with Crippen LogP contribution in [0.2, 0.25) is 0 Å². The zero-order valence-corrected chi connectivity index (χ0v) is 11.3. The van der Waals surface area contributed by atoms with Crippen LogP contribution in [0.25, 0.3) is 0 Å². The van der Waals surface area contributed by atoms with Crippen molar-refractivity contribution in [2.24, 2.45) is 0 Å². The van der Waals surface area contributed by atoms with Gasteiger partial charge >= 0.3 is 0 Å². The highest BCUT2D eigenvalue weighted by Crippen LogP contribution is 2.35. The number of rotatable bonds is 2. The molecule has 0 fully saturated rings. The number of amides is 1. The summed E-state index contributed by atoms with van der Waals surface area (Å²) in [5.74, 6) is -0.00993. The van der Waals surface area contributed by atoms with Crippen LogP contribution in [0.1, 0.15) is 5.56 Å². The van der Waals surface area contributed by atoms with Crippen molar-refractivity contribution >= 4 is 29.0 Å². The molecule has 1 atom stereocenters. The van der Waals surface area contributed by atoms with Crippen molar-refractivity contribution < 1.29 is 4.79 Å². The Morgan fingerprint density at radius 2 is 1.84 bits per heavy atom. The minimum atomic E-state index is -0.294. The summed E-state index contributed by atoms with van der Waals surface area (Å²) >= 11 is 1.54. The molecular formula is C15H14N2OS. The van der Waals surface area contributed by atoms with E-state index >= 15 is 0 Å². The van der Waals surface area contributed by atoms with Crippen molar-refractivity contribution in [2.75, 3.05) is 10.6 Å². The Morgan fingerprint density at radius 3 is 2.63 bits per heavy atom. The third-order valence-corrected chi connectivity index (χ3v) is 4.15. The van der Waals surface area contributed by atoms with Crippen LogP contribution in [0, 0.1) is 6.92 Å². The first-order chi connectivity index (χ1) is 9.22. The predicted molar refractivity (Wildman–Crippen MR) is 79.5 cm³/mol. The number of fused-ring (bicyclic) bond motifs is 1. The molecule has 96 valence electrons. The van der Waals surface area contributed by atoms with E-state index < -0.39 is 0 Å². The van der Waals surface area contributed by atoms with Crippen molar-refractivity contribution in [3.8, 4) is 0 Å². The van der Waals surface area contributed by atoms with Crippen molar-refractivity contribution in [2.45, 2.75) is 17.2 Å². The Balaban J connectivity index is 1.79. The maximum absolute atomic E-state index is 12.0. The van der Waals surface area contributed by atoms with Crippen LogP contribution < -0.4 is 10.6 Å². The van der Waals surface area contributed by atoms with E-state index in [1.54, 1.807) is 11.8 Å². The Morgan fingerprint density at radius 1 is 1.11 bits per heavy atom. The van der Waals surface area contributed by atoms with Crippen molar-refractivity contribution in [1.29, 1.82) is 0 Å². The van der Waals surface area contributed by atoms with Gasteiger partial charge in [-0.2, -0.15) is 0 Å². The highest BCUT2D eigenvalue weighted by molar-refractivity contribution is 8.01. The lowest BCUT2D eigenvalue weighted by Crippen LogP contribution is -2.34. The maximum Gasteiger partial charge on any atom is 0.257 e. The molecule has 4 heteroatoms. The van der Waals surface area contributed by atoms with Crippen LogP contribution in [0.15, 0.2) is 53.4 Å². The monoisotopic (exact) mass is 270 g/mol. The summed E-state index contributed by atoms with van der Waals surface area (Å²) in [6, 6.07) is 15.9. The number of anilines is 2. The standard InChI is InChI=1S/C15H14N2OS/c1-10-6-8-11(9-7-10)16-15-14(18)17-12-4-2-3-5-13(12)19-15/h2-9,15-16H,1H3,(H,17,18)/t15-/m0/s1. The summed E-state index contributed by atoms with van der Waals surface area (Å²) < 4.78 is 0. The number of nitrogens with one attached hydrogen (secondary N) is 2. The van der Waals surface area contributed by atoms with Crippen LogP contribution in [0.3, 0.4) is 0 Å². The summed E-state index contributed by atoms with van der Waals surface area (Å²) in [6.07, 6.45) is 0. The molecule has 0 unspecified atom stereocenters. The highest BCUT2D eigenvalue weighted by Gasteiger charge is 2.26. The fourth-order valence-electron chi connectivity index (χ4n) is 1.95. The van der Waals surface area contributed by atoms with Gasteiger partial charge in [0.25, 0.3) is 5.91 Å². The normalized spacial score (nSPS) is 17.5. The quantitative estimate of drug-likeness (QED) is 0.878. The first kappa shape index (κ1) is 12.1. The van der Waals surface area contributed by atoms with Crippen molar-refractivity contribution in [1.82, 2.24) is 0 Å². The average Bonchev–Trinajstić information content (AvgIpc) is 2.42. The van der Waals surface area contributed by atoms with Gasteiger partial charge in [0.1, 0.15) is 0 Å². The largest absolute Gasteiger partial charge is 0.365 e. The Bertz CT molecular complexity index is 610. The molecule has 0 aromatic heterocycles. The van der Waals surface area contributed by atoms with E-state index in [9.17, 15) is 4.79 Å². The van der Waals surface area contributed by atoms with E-state index in [4.69, 9.17) is 0 Å². The average molecular weight is 270 g/mol. The molecule has 3 nitrogen and oxygen atoms in total. The highest BCUT2D eigenvalue weighted by atomic mass is 32.2. The van der Waals surface area contributed by atoms with E-state index in [1.807, 2.05) is 55.5 Å². The minimum Gasteiger partial charge on any atom is -0.365 e.